The molecular weight excluding hydrogens is 318 g/mol. The monoisotopic (exact) mass is 342 g/mol. The Labute approximate surface area is 141 Å². The molecule has 7 heteroatoms. The number of hydrogen-bond acceptors (Lipinski definition) is 4. The predicted octanol–water partition coefficient (Wildman–Crippen LogP) is 2.10. The quantitative estimate of drug-likeness (QED) is 0.735. The lowest BCUT2D eigenvalue weighted by Crippen LogP contribution is -2.45. The molecule has 5 nitrogen and oxygen atoms in total. The smallest absolute Gasteiger partial charge is 0.328 e. The molecule has 1 atom stereocenters. The average molecular weight is 342 g/mol. The molecule has 0 saturated heterocycles. The van der Waals surface area contributed by atoms with Crippen LogP contribution in [0.4, 0.5) is 8.78 Å². The van der Waals surface area contributed by atoms with Gasteiger partial charge in [0.25, 0.3) is 0 Å². The second-order valence-corrected chi connectivity index (χ2v) is 6.18. The van der Waals surface area contributed by atoms with Gasteiger partial charge in [-0.05, 0) is 25.5 Å². The Balaban J connectivity index is 2.60. The van der Waals surface area contributed by atoms with E-state index in [4.69, 9.17) is 0 Å². The van der Waals surface area contributed by atoms with Gasteiger partial charge in [0.05, 0.1) is 13.7 Å². The second-order valence-electron chi connectivity index (χ2n) is 6.18. The molecule has 1 aromatic carbocycles. The van der Waals surface area contributed by atoms with Crippen LogP contribution in [0.15, 0.2) is 18.2 Å². The number of likely N-dealkylation sites (N-methyl/N-ethyl adjacent to an activating group) is 1. The summed E-state index contributed by atoms with van der Waals surface area (Å²) in [5.41, 5.74) is 0.290. The highest BCUT2D eigenvalue weighted by Crippen LogP contribution is 2.11. The van der Waals surface area contributed by atoms with Crippen LogP contribution in [0.1, 0.15) is 25.8 Å². The van der Waals surface area contributed by atoms with Crippen molar-refractivity contribution in [2.45, 2.75) is 32.9 Å². The topological polar surface area (TPSA) is 58.6 Å². The zero-order valence-electron chi connectivity index (χ0n) is 14.4. The van der Waals surface area contributed by atoms with Crippen molar-refractivity contribution in [3.63, 3.8) is 0 Å². The van der Waals surface area contributed by atoms with Crippen molar-refractivity contribution >= 4 is 11.9 Å². The summed E-state index contributed by atoms with van der Waals surface area (Å²) >= 11 is 0. The first-order valence-corrected chi connectivity index (χ1v) is 7.72. The summed E-state index contributed by atoms with van der Waals surface area (Å²) in [6.45, 7) is 3.99. The second kappa shape index (κ2) is 9.32. The summed E-state index contributed by atoms with van der Waals surface area (Å²) in [6.07, 6.45) is 0.467. The molecule has 1 amide bonds. The van der Waals surface area contributed by atoms with Gasteiger partial charge < -0.3 is 10.1 Å². The third kappa shape index (κ3) is 6.62. The normalized spacial score (nSPS) is 12.3. The first-order valence-electron chi connectivity index (χ1n) is 7.72. The van der Waals surface area contributed by atoms with Crippen LogP contribution in [0.2, 0.25) is 0 Å². The van der Waals surface area contributed by atoms with Crippen LogP contribution in [0, 0.1) is 17.6 Å². The van der Waals surface area contributed by atoms with E-state index in [-0.39, 0.29) is 24.9 Å². The summed E-state index contributed by atoms with van der Waals surface area (Å²) in [5, 5.41) is 2.63. The maximum absolute atomic E-state index is 13.6. The van der Waals surface area contributed by atoms with Crippen LogP contribution in [-0.2, 0) is 20.9 Å². The third-order valence-electron chi connectivity index (χ3n) is 3.40. The molecule has 0 heterocycles. The van der Waals surface area contributed by atoms with Gasteiger partial charge in [0.1, 0.15) is 17.7 Å². The fourth-order valence-electron chi connectivity index (χ4n) is 2.31. The summed E-state index contributed by atoms with van der Waals surface area (Å²) in [5.74, 6) is -1.96. The van der Waals surface area contributed by atoms with Crippen LogP contribution in [0.5, 0.6) is 0 Å². The summed E-state index contributed by atoms with van der Waals surface area (Å²) in [7, 11) is 2.91. The largest absolute Gasteiger partial charge is 0.467 e. The van der Waals surface area contributed by atoms with Gasteiger partial charge >= 0.3 is 5.97 Å². The lowest BCUT2D eigenvalue weighted by Gasteiger charge is -2.21. The Morgan fingerprint density at radius 3 is 2.50 bits per heavy atom. The van der Waals surface area contributed by atoms with Gasteiger partial charge in [0, 0.05) is 18.2 Å². The zero-order chi connectivity index (χ0) is 18.3. The van der Waals surface area contributed by atoms with Gasteiger partial charge in [-0.3, -0.25) is 9.69 Å². The minimum absolute atomic E-state index is 0.0254. The molecule has 0 aromatic heterocycles. The minimum atomic E-state index is -0.710. The van der Waals surface area contributed by atoms with Gasteiger partial charge in [0.2, 0.25) is 5.91 Å². The number of carbonyl (C=O) groups excluding carboxylic acids is 2. The highest BCUT2D eigenvalue weighted by Gasteiger charge is 2.23. The maximum Gasteiger partial charge on any atom is 0.328 e. The number of methoxy groups -OCH3 is 1. The highest BCUT2D eigenvalue weighted by atomic mass is 19.1. The average Bonchev–Trinajstić information content (AvgIpc) is 2.48. The van der Waals surface area contributed by atoms with E-state index < -0.39 is 23.6 Å². The minimum Gasteiger partial charge on any atom is -0.467 e. The SMILES string of the molecule is COC(=O)C(CC(C)C)NC(=O)CN(C)Cc1ccc(F)cc1F. The van der Waals surface area contributed by atoms with Crippen molar-refractivity contribution in [1.82, 2.24) is 10.2 Å². The molecule has 0 aliphatic heterocycles. The molecule has 134 valence electrons. The predicted molar refractivity (Wildman–Crippen MR) is 86.1 cm³/mol. The Morgan fingerprint density at radius 1 is 1.29 bits per heavy atom. The standard InChI is InChI=1S/C17H24F2N2O3/c1-11(2)7-15(17(23)24-4)20-16(22)10-21(3)9-12-5-6-13(18)8-14(12)19/h5-6,8,11,15H,7,9-10H2,1-4H3,(H,20,22). The first kappa shape index (κ1) is 20.0. The lowest BCUT2D eigenvalue weighted by molar-refractivity contribution is -0.145. The van der Waals surface area contributed by atoms with E-state index in [0.29, 0.717) is 12.0 Å². The van der Waals surface area contributed by atoms with Gasteiger partial charge in [-0.15, -0.1) is 0 Å². The van der Waals surface area contributed by atoms with Crippen LogP contribution >= 0.6 is 0 Å². The number of benzene rings is 1. The molecule has 1 rings (SSSR count). The summed E-state index contributed by atoms with van der Waals surface area (Å²) in [6, 6.07) is 2.61. The molecule has 0 spiro atoms. The van der Waals surface area contributed by atoms with Crippen molar-refractivity contribution < 1.29 is 23.1 Å². The molecule has 0 aliphatic carbocycles. The number of esters is 1. The number of rotatable bonds is 8. The maximum atomic E-state index is 13.6. The molecule has 0 saturated carbocycles. The molecule has 0 radical (unpaired) electrons. The van der Waals surface area contributed by atoms with E-state index in [2.05, 4.69) is 10.1 Å². The number of nitrogens with zero attached hydrogens (tertiary/aromatic N) is 1. The highest BCUT2D eigenvalue weighted by molar-refractivity contribution is 5.85. The molecule has 0 aliphatic rings. The summed E-state index contributed by atoms with van der Waals surface area (Å²) < 4.78 is 31.2. The number of carbonyl (C=O) groups is 2. The van der Waals surface area contributed by atoms with Crippen LogP contribution < -0.4 is 5.32 Å². The molecule has 1 aromatic rings. The van der Waals surface area contributed by atoms with E-state index in [9.17, 15) is 18.4 Å². The summed E-state index contributed by atoms with van der Waals surface area (Å²) in [4.78, 5) is 25.4. The lowest BCUT2D eigenvalue weighted by atomic mass is 10.0. The van der Waals surface area contributed by atoms with Gasteiger partial charge in [-0.2, -0.15) is 0 Å². The van der Waals surface area contributed by atoms with E-state index in [1.165, 1.54) is 19.2 Å². The zero-order valence-corrected chi connectivity index (χ0v) is 14.4. The van der Waals surface area contributed by atoms with Crippen molar-refractivity contribution in [1.29, 1.82) is 0 Å². The van der Waals surface area contributed by atoms with Crippen molar-refractivity contribution in [3.8, 4) is 0 Å². The molecule has 1 unspecified atom stereocenters. The molecule has 0 bridgehead atoms. The Hall–Kier alpha value is -2.02. The van der Waals surface area contributed by atoms with Crippen LogP contribution in [0.25, 0.3) is 0 Å². The molecular formula is C17H24F2N2O3. The van der Waals surface area contributed by atoms with Gasteiger partial charge in [-0.1, -0.05) is 19.9 Å². The van der Waals surface area contributed by atoms with Crippen LogP contribution in [-0.4, -0.2) is 43.5 Å². The van der Waals surface area contributed by atoms with E-state index in [0.717, 1.165) is 6.07 Å². The Morgan fingerprint density at radius 2 is 1.96 bits per heavy atom. The van der Waals surface area contributed by atoms with Crippen molar-refractivity contribution in [3.05, 3.63) is 35.4 Å². The first-order chi connectivity index (χ1) is 11.2. The number of hydrogen-bond donors (Lipinski definition) is 1. The molecule has 1 N–H and O–H groups in total. The van der Waals surface area contributed by atoms with E-state index in [1.807, 2.05) is 13.8 Å². The van der Waals surface area contributed by atoms with E-state index >= 15 is 0 Å². The molecule has 0 fully saturated rings. The Bertz CT molecular complexity index is 579. The van der Waals surface area contributed by atoms with Crippen LogP contribution in [0.3, 0.4) is 0 Å². The Kier molecular flexibility index (Phi) is 7.78. The fraction of sp³-hybridized carbons (Fsp3) is 0.529. The van der Waals surface area contributed by atoms with Crippen molar-refractivity contribution in [2.24, 2.45) is 5.92 Å². The fourth-order valence-corrected chi connectivity index (χ4v) is 2.31. The van der Waals surface area contributed by atoms with Gasteiger partial charge in [0.15, 0.2) is 0 Å². The van der Waals surface area contributed by atoms with E-state index in [1.54, 1.807) is 11.9 Å². The van der Waals surface area contributed by atoms with Gasteiger partial charge in [-0.25, -0.2) is 13.6 Å². The molecule has 24 heavy (non-hydrogen) atoms. The number of ether oxygens (including phenoxy) is 1. The van der Waals surface area contributed by atoms with Crippen molar-refractivity contribution in [2.75, 3.05) is 20.7 Å². The third-order valence-corrected chi connectivity index (χ3v) is 3.40. The number of amides is 1. The number of halogens is 2. The number of nitrogens with one attached hydrogen (secondary N) is 1.